The van der Waals surface area contributed by atoms with Crippen molar-refractivity contribution in [2.45, 2.75) is 19.6 Å². The predicted molar refractivity (Wildman–Crippen MR) is 77.3 cm³/mol. The molecule has 0 radical (unpaired) electrons. The van der Waals surface area contributed by atoms with Gasteiger partial charge in [-0.05, 0) is 13.8 Å². The van der Waals surface area contributed by atoms with E-state index in [0.717, 1.165) is 22.9 Å². The Morgan fingerprint density at radius 2 is 2.47 bits per heavy atom. The van der Waals surface area contributed by atoms with Crippen molar-refractivity contribution in [3.05, 3.63) is 27.8 Å². The lowest BCUT2D eigenvalue weighted by atomic mass is 10.4. The lowest BCUT2D eigenvalue weighted by molar-refractivity contribution is -0.463. The molecule has 0 fully saturated rings. The van der Waals surface area contributed by atoms with Crippen molar-refractivity contribution in [2.24, 2.45) is 4.99 Å². The topological polar surface area (TPSA) is 96.2 Å². The zero-order valence-electron chi connectivity index (χ0n) is 11.2. The molecule has 0 aliphatic carbocycles. The van der Waals surface area contributed by atoms with Gasteiger partial charge in [-0.3, -0.25) is 15.1 Å². The number of nitro groups is 1. The lowest BCUT2D eigenvalue weighted by Crippen LogP contribution is -2.30. The van der Waals surface area contributed by atoms with E-state index in [1.165, 1.54) is 0 Å². The summed E-state index contributed by atoms with van der Waals surface area (Å²) in [6, 6.07) is 0. The maximum atomic E-state index is 10.4. The van der Waals surface area contributed by atoms with Crippen molar-refractivity contribution in [1.29, 1.82) is 0 Å². The molecule has 1 aromatic heterocycles. The number of aromatic nitrogens is 2. The average Bonchev–Trinajstić information content (AvgIpc) is 2.74. The molecule has 0 unspecified atom stereocenters. The maximum absolute atomic E-state index is 10.4. The fraction of sp³-hybridized carbons (Fsp3) is 0.636. The molecule has 0 saturated heterocycles. The van der Waals surface area contributed by atoms with Gasteiger partial charge in [0.05, 0.1) is 18.6 Å². The Kier molecular flexibility index (Phi) is 6.94. The molecule has 19 heavy (non-hydrogen) atoms. The number of H-pyrrole nitrogens is 1. The van der Waals surface area contributed by atoms with Crippen molar-refractivity contribution in [3.63, 3.8) is 0 Å². The largest absolute Gasteiger partial charge is 0.369 e. The number of aromatic amines is 1. The number of imidazole rings is 1. The number of amidine groups is 1. The van der Waals surface area contributed by atoms with E-state index < -0.39 is 0 Å². The minimum atomic E-state index is -0.373. The molecule has 2 N–H and O–H groups in total. The van der Waals surface area contributed by atoms with Crippen LogP contribution in [0.4, 0.5) is 0 Å². The third kappa shape index (κ3) is 6.23. The molecule has 0 amide bonds. The van der Waals surface area contributed by atoms with Crippen LogP contribution in [-0.4, -0.2) is 46.1 Å². The first-order chi connectivity index (χ1) is 9.13. The van der Waals surface area contributed by atoms with E-state index in [4.69, 9.17) is 0 Å². The van der Waals surface area contributed by atoms with Crippen LogP contribution in [0.15, 0.2) is 11.3 Å². The van der Waals surface area contributed by atoms with Gasteiger partial charge >= 0.3 is 0 Å². The number of thioether (sulfide) groups is 1. The number of aryl methyl sites for hydroxylation is 1. The highest BCUT2D eigenvalue weighted by Crippen LogP contribution is 2.11. The van der Waals surface area contributed by atoms with E-state index in [1.54, 1.807) is 18.1 Å². The molecule has 7 nitrogen and oxygen atoms in total. The third-order valence-electron chi connectivity index (χ3n) is 2.37. The predicted octanol–water partition coefficient (Wildman–Crippen LogP) is 1.24. The van der Waals surface area contributed by atoms with Gasteiger partial charge in [0.15, 0.2) is 5.84 Å². The first kappa shape index (κ1) is 15.5. The van der Waals surface area contributed by atoms with Gasteiger partial charge in [0.1, 0.15) is 0 Å². The van der Waals surface area contributed by atoms with Crippen LogP contribution < -0.4 is 5.32 Å². The van der Waals surface area contributed by atoms with Gasteiger partial charge < -0.3 is 10.3 Å². The number of nitrogens with one attached hydrogen (secondary N) is 2. The number of rotatable bonds is 8. The number of hydrogen-bond acceptors (Lipinski definition) is 5. The zero-order valence-corrected chi connectivity index (χ0v) is 12.0. The standard InChI is InChI=1S/C11H19N5O2S/c1-3-12-11(6-16(17)18)13-4-5-19-7-10-9(2)14-8-15-10/h8H,3-7H2,1-2H3,(H,12,13)(H,14,15). The minimum absolute atomic E-state index is 0.239. The quantitative estimate of drug-likeness (QED) is 0.246. The van der Waals surface area contributed by atoms with E-state index in [-0.39, 0.29) is 11.5 Å². The summed E-state index contributed by atoms with van der Waals surface area (Å²) < 4.78 is 0. The van der Waals surface area contributed by atoms with Crippen LogP contribution >= 0.6 is 11.8 Å². The van der Waals surface area contributed by atoms with Gasteiger partial charge in [0.25, 0.3) is 6.54 Å². The number of nitrogens with zero attached hydrogens (tertiary/aromatic N) is 3. The molecule has 0 aromatic carbocycles. The van der Waals surface area contributed by atoms with Crippen molar-refractivity contribution in [3.8, 4) is 0 Å². The molecule has 1 aromatic rings. The van der Waals surface area contributed by atoms with Gasteiger partial charge in [-0.2, -0.15) is 11.8 Å². The van der Waals surface area contributed by atoms with Crippen LogP contribution in [0.1, 0.15) is 18.3 Å². The molecule has 0 saturated carbocycles. The van der Waals surface area contributed by atoms with E-state index in [9.17, 15) is 10.1 Å². The summed E-state index contributed by atoms with van der Waals surface area (Å²) in [6.45, 7) is 4.86. The molecule has 0 spiro atoms. The van der Waals surface area contributed by atoms with Crippen molar-refractivity contribution in [1.82, 2.24) is 15.3 Å². The molecular formula is C11H19N5O2S. The summed E-state index contributed by atoms with van der Waals surface area (Å²) in [7, 11) is 0. The highest BCUT2D eigenvalue weighted by atomic mass is 32.2. The smallest absolute Gasteiger partial charge is 0.259 e. The van der Waals surface area contributed by atoms with Crippen molar-refractivity contribution in [2.75, 3.05) is 25.4 Å². The highest BCUT2D eigenvalue weighted by molar-refractivity contribution is 7.98. The fourth-order valence-corrected chi connectivity index (χ4v) is 2.28. The number of likely N-dealkylation sites (N-methyl/N-ethyl adjacent to an activating group) is 1. The third-order valence-corrected chi connectivity index (χ3v) is 3.32. The minimum Gasteiger partial charge on any atom is -0.369 e. The maximum Gasteiger partial charge on any atom is 0.259 e. The summed E-state index contributed by atoms with van der Waals surface area (Å²) in [6.07, 6.45) is 1.68. The van der Waals surface area contributed by atoms with E-state index >= 15 is 0 Å². The Morgan fingerprint density at radius 1 is 1.68 bits per heavy atom. The second-order valence-corrected chi connectivity index (χ2v) is 4.98. The number of aliphatic imine (C=N–C) groups is 1. The Bertz CT molecular complexity index is 432. The van der Waals surface area contributed by atoms with E-state index in [1.807, 2.05) is 13.8 Å². The molecular weight excluding hydrogens is 266 g/mol. The zero-order chi connectivity index (χ0) is 14.1. The molecule has 0 bridgehead atoms. The summed E-state index contributed by atoms with van der Waals surface area (Å²) in [4.78, 5) is 21.5. The summed E-state index contributed by atoms with van der Waals surface area (Å²) in [5.41, 5.74) is 2.13. The lowest BCUT2D eigenvalue weighted by Gasteiger charge is -2.03. The number of hydrogen-bond donors (Lipinski definition) is 2. The fourth-order valence-electron chi connectivity index (χ4n) is 1.43. The molecule has 1 rings (SSSR count). The van der Waals surface area contributed by atoms with Gasteiger partial charge in [-0.15, -0.1) is 0 Å². The Hall–Kier alpha value is -1.57. The molecule has 0 aliphatic rings. The van der Waals surface area contributed by atoms with Gasteiger partial charge in [-0.1, -0.05) is 0 Å². The Balaban J connectivity index is 2.27. The summed E-state index contributed by atoms with van der Waals surface area (Å²) in [5.74, 6) is 2.10. The molecule has 0 aliphatic heterocycles. The van der Waals surface area contributed by atoms with Crippen LogP contribution in [0.2, 0.25) is 0 Å². The van der Waals surface area contributed by atoms with E-state index in [0.29, 0.717) is 18.9 Å². The van der Waals surface area contributed by atoms with Crippen LogP contribution in [-0.2, 0) is 5.75 Å². The summed E-state index contributed by atoms with van der Waals surface area (Å²) >= 11 is 1.72. The van der Waals surface area contributed by atoms with Gasteiger partial charge in [0, 0.05) is 28.7 Å². The SMILES string of the molecule is CCNC(C[N+](=O)[O-])=NCCSCc1nc[nH]c1C. The highest BCUT2D eigenvalue weighted by Gasteiger charge is 2.05. The molecule has 0 atom stereocenters. The monoisotopic (exact) mass is 285 g/mol. The average molecular weight is 285 g/mol. The molecule has 8 heteroatoms. The second-order valence-electron chi connectivity index (χ2n) is 3.88. The second kappa shape index (κ2) is 8.52. The van der Waals surface area contributed by atoms with Crippen LogP contribution in [0, 0.1) is 17.0 Å². The van der Waals surface area contributed by atoms with Crippen molar-refractivity contribution >= 4 is 17.6 Å². The Labute approximate surface area is 116 Å². The van der Waals surface area contributed by atoms with Gasteiger partial charge in [0.2, 0.25) is 0 Å². The van der Waals surface area contributed by atoms with E-state index in [2.05, 4.69) is 20.3 Å². The van der Waals surface area contributed by atoms with Crippen molar-refractivity contribution < 1.29 is 4.92 Å². The van der Waals surface area contributed by atoms with Gasteiger partial charge in [-0.25, -0.2) is 4.98 Å². The summed E-state index contributed by atoms with van der Waals surface area (Å²) in [5, 5.41) is 13.3. The van der Waals surface area contributed by atoms with Crippen LogP contribution in [0.25, 0.3) is 0 Å². The Morgan fingerprint density at radius 3 is 3.05 bits per heavy atom. The van der Waals surface area contributed by atoms with Crippen LogP contribution in [0.3, 0.4) is 0 Å². The first-order valence-corrected chi connectivity index (χ1v) is 7.24. The normalized spacial score (nSPS) is 11.6. The van der Waals surface area contributed by atoms with Crippen LogP contribution in [0.5, 0.6) is 0 Å². The molecule has 1 heterocycles. The first-order valence-electron chi connectivity index (χ1n) is 6.09. The molecule has 106 valence electrons.